The monoisotopic (exact) mass is 262 g/mol. The summed E-state index contributed by atoms with van der Waals surface area (Å²) in [5, 5.41) is 11.9. The Kier molecular flexibility index (Phi) is 3.79. The van der Waals surface area contributed by atoms with Crippen molar-refractivity contribution < 1.29 is 9.18 Å². The van der Waals surface area contributed by atoms with Gasteiger partial charge in [0.15, 0.2) is 5.82 Å². The van der Waals surface area contributed by atoms with Crippen LogP contribution in [0.5, 0.6) is 0 Å². The summed E-state index contributed by atoms with van der Waals surface area (Å²) in [6.45, 7) is 4.04. The first-order chi connectivity index (χ1) is 9.04. The lowest BCUT2D eigenvalue weighted by Crippen LogP contribution is -2.19. The highest BCUT2D eigenvalue weighted by molar-refractivity contribution is 5.99. The molecule has 0 unspecified atom stereocenters. The lowest BCUT2D eigenvalue weighted by Gasteiger charge is -2.05. The van der Waals surface area contributed by atoms with Gasteiger partial charge in [0.25, 0.3) is 0 Å². The first-order valence-electron chi connectivity index (χ1n) is 5.93. The molecule has 6 heteroatoms. The predicted octanol–water partition coefficient (Wildman–Crippen LogP) is 3.32. The van der Waals surface area contributed by atoms with Crippen LogP contribution in [0, 0.1) is 5.82 Å². The number of amides is 2. The minimum atomic E-state index is -0.465. The number of halogens is 1. The van der Waals surface area contributed by atoms with Gasteiger partial charge in [0.2, 0.25) is 0 Å². The molecule has 5 nitrogen and oxygen atoms in total. The molecule has 100 valence electrons. The Morgan fingerprint density at radius 1 is 1.32 bits per heavy atom. The molecule has 3 N–H and O–H groups in total. The van der Waals surface area contributed by atoms with Gasteiger partial charge in [-0.25, -0.2) is 9.18 Å². The van der Waals surface area contributed by atoms with Gasteiger partial charge in [-0.05, 0) is 24.1 Å². The number of H-pyrrole nitrogens is 1. The first-order valence-corrected chi connectivity index (χ1v) is 5.93. The summed E-state index contributed by atoms with van der Waals surface area (Å²) in [5.74, 6) is 0.326. The van der Waals surface area contributed by atoms with E-state index in [9.17, 15) is 9.18 Å². The van der Waals surface area contributed by atoms with Crippen molar-refractivity contribution in [1.29, 1.82) is 0 Å². The average molecular weight is 262 g/mol. The summed E-state index contributed by atoms with van der Waals surface area (Å²) in [6, 6.07) is 6.97. The second-order valence-corrected chi connectivity index (χ2v) is 4.45. The molecule has 2 aromatic rings. The zero-order valence-electron chi connectivity index (χ0n) is 10.7. The number of anilines is 2. The number of aromatic nitrogens is 2. The van der Waals surface area contributed by atoms with Crippen LogP contribution in [-0.2, 0) is 0 Å². The zero-order valence-corrected chi connectivity index (χ0v) is 10.7. The minimum absolute atomic E-state index is 0.300. The maximum atomic E-state index is 12.9. The number of nitrogens with zero attached hydrogens (tertiary/aromatic N) is 1. The summed E-state index contributed by atoms with van der Waals surface area (Å²) in [5.41, 5.74) is 1.32. The largest absolute Gasteiger partial charge is 0.324 e. The molecule has 2 amide bonds. The average Bonchev–Trinajstić information content (AvgIpc) is 2.77. The maximum Gasteiger partial charge on any atom is 0.324 e. The van der Waals surface area contributed by atoms with Crippen molar-refractivity contribution in [2.75, 3.05) is 10.6 Å². The Morgan fingerprint density at radius 3 is 2.74 bits per heavy atom. The molecule has 2 rings (SSSR count). The zero-order chi connectivity index (χ0) is 13.8. The summed E-state index contributed by atoms with van der Waals surface area (Å²) >= 11 is 0. The second-order valence-electron chi connectivity index (χ2n) is 4.45. The number of carbonyl (C=O) groups is 1. The Hall–Kier alpha value is -2.37. The van der Waals surface area contributed by atoms with Crippen molar-refractivity contribution in [1.82, 2.24) is 10.2 Å². The van der Waals surface area contributed by atoms with E-state index in [1.165, 1.54) is 18.2 Å². The number of benzene rings is 1. The summed E-state index contributed by atoms with van der Waals surface area (Å²) < 4.78 is 12.9. The SMILES string of the molecule is CC(C)c1cc(NC(=O)Nc2cccc(F)c2)n[nH]1. The number of urea groups is 1. The molecule has 19 heavy (non-hydrogen) atoms. The summed E-state index contributed by atoms with van der Waals surface area (Å²) in [7, 11) is 0. The van der Waals surface area contributed by atoms with Gasteiger partial charge in [-0.15, -0.1) is 0 Å². The third-order valence-electron chi connectivity index (χ3n) is 2.54. The normalized spacial score (nSPS) is 10.5. The highest BCUT2D eigenvalue weighted by Gasteiger charge is 2.08. The van der Waals surface area contributed by atoms with Crippen LogP contribution in [0.2, 0.25) is 0 Å². The smallest absolute Gasteiger partial charge is 0.308 e. The lowest BCUT2D eigenvalue weighted by molar-refractivity contribution is 0.262. The maximum absolute atomic E-state index is 12.9. The fraction of sp³-hybridized carbons (Fsp3) is 0.231. The summed E-state index contributed by atoms with van der Waals surface area (Å²) in [4.78, 5) is 11.7. The lowest BCUT2D eigenvalue weighted by atomic mass is 10.1. The van der Waals surface area contributed by atoms with E-state index in [0.717, 1.165) is 5.69 Å². The number of aromatic amines is 1. The van der Waals surface area contributed by atoms with Gasteiger partial charge in [0, 0.05) is 17.4 Å². The van der Waals surface area contributed by atoms with Gasteiger partial charge in [-0.3, -0.25) is 10.4 Å². The standard InChI is InChI=1S/C13H15FN4O/c1-8(2)11-7-12(18-17-11)16-13(19)15-10-5-3-4-9(14)6-10/h3-8H,1-2H3,(H3,15,16,17,18,19). The predicted molar refractivity (Wildman–Crippen MR) is 71.7 cm³/mol. The molecule has 0 aliphatic heterocycles. The molecule has 0 saturated carbocycles. The molecule has 0 spiro atoms. The Morgan fingerprint density at radius 2 is 2.11 bits per heavy atom. The molecule has 0 aliphatic carbocycles. The molecule has 0 radical (unpaired) electrons. The van der Waals surface area contributed by atoms with E-state index >= 15 is 0 Å². The molecule has 0 fully saturated rings. The minimum Gasteiger partial charge on any atom is -0.308 e. The molecular weight excluding hydrogens is 247 g/mol. The van der Waals surface area contributed by atoms with Gasteiger partial charge < -0.3 is 5.32 Å². The Balaban J connectivity index is 1.97. The van der Waals surface area contributed by atoms with Crippen LogP contribution in [0.3, 0.4) is 0 Å². The molecule has 1 aromatic heterocycles. The van der Waals surface area contributed by atoms with Gasteiger partial charge >= 0.3 is 6.03 Å². The number of hydrogen-bond acceptors (Lipinski definition) is 2. The van der Waals surface area contributed by atoms with Crippen molar-refractivity contribution in [2.24, 2.45) is 0 Å². The number of rotatable bonds is 3. The second kappa shape index (κ2) is 5.51. The molecule has 0 saturated heterocycles. The fourth-order valence-corrected chi connectivity index (χ4v) is 1.54. The fourth-order valence-electron chi connectivity index (χ4n) is 1.54. The van der Waals surface area contributed by atoms with Crippen LogP contribution >= 0.6 is 0 Å². The molecule has 0 bridgehead atoms. The quantitative estimate of drug-likeness (QED) is 0.794. The van der Waals surface area contributed by atoms with Crippen molar-refractivity contribution in [2.45, 2.75) is 19.8 Å². The van der Waals surface area contributed by atoms with Crippen LogP contribution in [0.4, 0.5) is 20.7 Å². The van der Waals surface area contributed by atoms with Crippen LogP contribution in [-0.4, -0.2) is 16.2 Å². The Bertz CT molecular complexity index is 580. The van der Waals surface area contributed by atoms with Gasteiger partial charge in [-0.2, -0.15) is 5.10 Å². The topological polar surface area (TPSA) is 69.8 Å². The van der Waals surface area contributed by atoms with Gasteiger partial charge in [0.05, 0.1) is 0 Å². The first kappa shape index (κ1) is 13.1. The molecule has 1 aromatic carbocycles. The van der Waals surface area contributed by atoms with E-state index in [0.29, 0.717) is 17.4 Å². The van der Waals surface area contributed by atoms with Crippen LogP contribution in [0.1, 0.15) is 25.5 Å². The molecule has 1 heterocycles. The highest BCUT2D eigenvalue weighted by Crippen LogP contribution is 2.15. The van der Waals surface area contributed by atoms with E-state index in [1.54, 1.807) is 12.1 Å². The molecule has 0 aliphatic rings. The number of carbonyl (C=O) groups excluding carboxylic acids is 1. The van der Waals surface area contributed by atoms with Crippen molar-refractivity contribution >= 4 is 17.5 Å². The van der Waals surface area contributed by atoms with Crippen LogP contribution in [0.15, 0.2) is 30.3 Å². The van der Waals surface area contributed by atoms with Crippen LogP contribution in [0.25, 0.3) is 0 Å². The third-order valence-corrected chi connectivity index (χ3v) is 2.54. The van der Waals surface area contributed by atoms with Crippen molar-refractivity contribution in [3.8, 4) is 0 Å². The number of nitrogens with one attached hydrogen (secondary N) is 3. The Labute approximate surface area is 110 Å². The molecule has 0 atom stereocenters. The van der Waals surface area contributed by atoms with E-state index in [-0.39, 0.29) is 0 Å². The van der Waals surface area contributed by atoms with Crippen molar-refractivity contribution in [3.05, 3.63) is 41.8 Å². The summed E-state index contributed by atoms with van der Waals surface area (Å²) in [6.07, 6.45) is 0. The third kappa shape index (κ3) is 3.54. The van der Waals surface area contributed by atoms with E-state index in [1.807, 2.05) is 13.8 Å². The number of hydrogen-bond donors (Lipinski definition) is 3. The molecular formula is C13H15FN4O. The van der Waals surface area contributed by atoms with E-state index < -0.39 is 11.8 Å². The highest BCUT2D eigenvalue weighted by atomic mass is 19.1. The van der Waals surface area contributed by atoms with Crippen LogP contribution < -0.4 is 10.6 Å². The van der Waals surface area contributed by atoms with Crippen molar-refractivity contribution in [3.63, 3.8) is 0 Å². The van der Waals surface area contributed by atoms with E-state index in [4.69, 9.17) is 0 Å². The van der Waals surface area contributed by atoms with E-state index in [2.05, 4.69) is 20.8 Å². The van der Waals surface area contributed by atoms with Gasteiger partial charge in [0.1, 0.15) is 5.82 Å². The van der Waals surface area contributed by atoms with Gasteiger partial charge in [-0.1, -0.05) is 19.9 Å².